The van der Waals surface area contributed by atoms with Gasteiger partial charge >= 0.3 is 0 Å². The number of sulfonamides is 1. The largest absolute Gasteiger partial charge is 0.348 e. The van der Waals surface area contributed by atoms with Gasteiger partial charge in [-0.15, -0.1) is 0 Å². The monoisotopic (exact) mass is 496 g/mol. The van der Waals surface area contributed by atoms with E-state index in [1.54, 1.807) is 18.2 Å². The molecule has 1 saturated heterocycles. The molecule has 3 aromatic rings. The number of nitrogens with zero attached hydrogens (tertiary/aromatic N) is 2. The van der Waals surface area contributed by atoms with Gasteiger partial charge in [0.15, 0.2) is 0 Å². The Bertz CT molecular complexity index is 1270. The Morgan fingerprint density at radius 3 is 2.34 bits per heavy atom. The van der Waals surface area contributed by atoms with Gasteiger partial charge in [0.1, 0.15) is 5.82 Å². The van der Waals surface area contributed by atoms with Gasteiger partial charge in [0, 0.05) is 39.3 Å². The highest BCUT2D eigenvalue weighted by atomic mass is 32.2. The molecule has 1 aliphatic rings. The maximum absolute atomic E-state index is 13.2. The third-order valence-corrected chi connectivity index (χ3v) is 7.37. The van der Waals surface area contributed by atoms with E-state index >= 15 is 0 Å². The van der Waals surface area contributed by atoms with E-state index in [-0.39, 0.29) is 16.1 Å². The number of para-hydroxylation sites is 1. The summed E-state index contributed by atoms with van der Waals surface area (Å²) >= 11 is 0. The van der Waals surface area contributed by atoms with Gasteiger partial charge in [-0.1, -0.05) is 36.4 Å². The molecule has 1 fully saturated rings. The molecule has 0 saturated carbocycles. The van der Waals surface area contributed by atoms with Crippen molar-refractivity contribution in [2.45, 2.75) is 18.0 Å². The first-order valence-electron chi connectivity index (χ1n) is 11.4. The van der Waals surface area contributed by atoms with Gasteiger partial charge in [-0.05, 0) is 54.6 Å². The number of hydrogen-bond acceptors (Lipinski definition) is 5. The Balaban J connectivity index is 1.41. The van der Waals surface area contributed by atoms with E-state index in [2.05, 4.69) is 39.0 Å². The van der Waals surface area contributed by atoms with E-state index in [1.807, 2.05) is 12.1 Å². The molecule has 0 spiro atoms. The van der Waals surface area contributed by atoms with Crippen LogP contribution in [0.4, 0.5) is 10.1 Å². The quantitative estimate of drug-likeness (QED) is 0.500. The maximum Gasteiger partial charge on any atom is 0.261 e. The van der Waals surface area contributed by atoms with Crippen LogP contribution in [0.1, 0.15) is 21.5 Å². The van der Waals surface area contributed by atoms with Crippen LogP contribution < -0.4 is 10.0 Å². The summed E-state index contributed by atoms with van der Waals surface area (Å²) in [6.45, 7) is 5.35. The Morgan fingerprint density at radius 2 is 1.60 bits per heavy atom. The van der Waals surface area contributed by atoms with Gasteiger partial charge < -0.3 is 10.2 Å². The molecule has 1 heterocycles. The molecule has 4 rings (SSSR count). The Labute approximate surface area is 205 Å². The van der Waals surface area contributed by atoms with Crippen LogP contribution >= 0.6 is 0 Å². The van der Waals surface area contributed by atoms with Crippen molar-refractivity contribution in [2.75, 3.05) is 37.9 Å². The van der Waals surface area contributed by atoms with E-state index in [0.717, 1.165) is 50.4 Å². The summed E-state index contributed by atoms with van der Waals surface area (Å²) in [6.07, 6.45) is 0. The van der Waals surface area contributed by atoms with Gasteiger partial charge in [-0.25, -0.2) is 12.8 Å². The Kier molecular flexibility index (Phi) is 7.80. The summed E-state index contributed by atoms with van der Waals surface area (Å²) in [7, 11) is -1.85. The van der Waals surface area contributed by atoms with Gasteiger partial charge in [-0.3, -0.25) is 14.4 Å². The van der Waals surface area contributed by atoms with Crippen molar-refractivity contribution < 1.29 is 17.6 Å². The maximum atomic E-state index is 13.2. The number of anilines is 1. The van der Waals surface area contributed by atoms with Crippen molar-refractivity contribution >= 4 is 21.6 Å². The highest BCUT2D eigenvalue weighted by Crippen LogP contribution is 2.21. The highest BCUT2D eigenvalue weighted by Gasteiger charge is 2.19. The minimum Gasteiger partial charge on any atom is -0.348 e. The zero-order valence-electron chi connectivity index (χ0n) is 19.6. The van der Waals surface area contributed by atoms with Gasteiger partial charge in [-0.2, -0.15) is 0 Å². The van der Waals surface area contributed by atoms with Crippen molar-refractivity contribution in [3.63, 3.8) is 0 Å². The molecule has 0 unspecified atom stereocenters. The van der Waals surface area contributed by atoms with Crippen LogP contribution in [0.25, 0.3) is 0 Å². The first-order valence-corrected chi connectivity index (χ1v) is 12.9. The smallest absolute Gasteiger partial charge is 0.261 e. The molecule has 2 N–H and O–H groups in total. The first kappa shape index (κ1) is 24.8. The number of carbonyl (C=O) groups is 1. The van der Waals surface area contributed by atoms with Crippen molar-refractivity contribution in [3.05, 3.63) is 95.3 Å². The molecule has 3 aromatic carbocycles. The number of rotatable bonds is 8. The fourth-order valence-electron chi connectivity index (χ4n) is 3.97. The topological polar surface area (TPSA) is 81.8 Å². The molecular formula is C26H29FN4O3S. The zero-order chi connectivity index (χ0) is 24.8. The lowest BCUT2D eigenvalue weighted by atomic mass is 10.1. The molecule has 35 heavy (non-hydrogen) atoms. The van der Waals surface area contributed by atoms with Crippen LogP contribution in [-0.2, 0) is 23.1 Å². The van der Waals surface area contributed by atoms with Crippen molar-refractivity contribution in [1.82, 2.24) is 15.1 Å². The van der Waals surface area contributed by atoms with E-state index in [9.17, 15) is 17.6 Å². The zero-order valence-corrected chi connectivity index (χ0v) is 20.4. The SMILES string of the molecule is CN1CCN(Cc2cccc(CNC(=O)c3ccccc3NS(=O)(=O)c3ccc(F)cc3)c2)CC1. The molecule has 0 radical (unpaired) electrons. The normalized spacial score (nSPS) is 15.0. The molecule has 7 nitrogen and oxygen atoms in total. The summed E-state index contributed by atoms with van der Waals surface area (Å²) in [5, 5.41) is 2.88. The van der Waals surface area contributed by atoms with Gasteiger partial charge in [0.05, 0.1) is 16.1 Å². The summed E-state index contributed by atoms with van der Waals surface area (Å²) in [4.78, 5) is 17.6. The average Bonchev–Trinajstić information content (AvgIpc) is 2.85. The van der Waals surface area contributed by atoms with Gasteiger partial charge in [0.25, 0.3) is 15.9 Å². The summed E-state index contributed by atoms with van der Waals surface area (Å²) in [5.74, 6) is -0.928. The standard InChI is InChI=1S/C26H29FN4O3S/c1-30-13-15-31(16-14-30)19-21-6-4-5-20(17-21)18-28-26(32)24-7-2-3-8-25(24)29-35(33,34)23-11-9-22(27)10-12-23/h2-12,17,29H,13-16,18-19H2,1H3,(H,28,32). The van der Waals surface area contributed by atoms with E-state index in [1.165, 1.54) is 23.8 Å². The third kappa shape index (κ3) is 6.66. The lowest BCUT2D eigenvalue weighted by molar-refractivity contribution is 0.0951. The Morgan fingerprint density at radius 1 is 0.914 bits per heavy atom. The number of likely N-dealkylation sites (N-methyl/N-ethyl adjacent to an activating group) is 1. The lowest BCUT2D eigenvalue weighted by Gasteiger charge is -2.32. The summed E-state index contributed by atoms with van der Waals surface area (Å²) in [5.41, 5.74) is 2.51. The molecule has 9 heteroatoms. The molecule has 0 aliphatic carbocycles. The number of amides is 1. The molecule has 1 amide bonds. The van der Waals surface area contributed by atoms with Crippen molar-refractivity contribution in [2.24, 2.45) is 0 Å². The fourth-order valence-corrected chi connectivity index (χ4v) is 5.05. The summed E-state index contributed by atoms with van der Waals surface area (Å²) in [6, 6.07) is 19.0. The predicted octanol–water partition coefficient (Wildman–Crippen LogP) is 3.30. The van der Waals surface area contributed by atoms with E-state index in [4.69, 9.17) is 0 Å². The number of halogens is 1. The third-order valence-electron chi connectivity index (χ3n) is 5.99. The minimum absolute atomic E-state index is 0.0914. The second-order valence-corrected chi connectivity index (χ2v) is 10.4. The van der Waals surface area contributed by atoms with Gasteiger partial charge in [0.2, 0.25) is 0 Å². The van der Waals surface area contributed by atoms with E-state index < -0.39 is 21.7 Å². The van der Waals surface area contributed by atoms with E-state index in [0.29, 0.717) is 6.54 Å². The molecular weight excluding hydrogens is 467 g/mol. The van der Waals surface area contributed by atoms with Crippen LogP contribution in [0.2, 0.25) is 0 Å². The minimum atomic E-state index is -3.98. The Hall–Kier alpha value is -3.27. The van der Waals surface area contributed by atoms with Crippen molar-refractivity contribution in [1.29, 1.82) is 0 Å². The highest BCUT2D eigenvalue weighted by molar-refractivity contribution is 7.92. The average molecular weight is 497 g/mol. The summed E-state index contributed by atoms with van der Waals surface area (Å²) < 4.78 is 41.0. The number of hydrogen-bond donors (Lipinski definition) is 2. The molecule has 0 bridgehead atoms. The fraction of sp³-hybridized carbons (Fsp3) is 0.269. The number of nitrogens with one attached hydrogen (secondary N) is 2. The molecule has 184 valence electrons. The molecule has 0 atom stereocenters. The second-order valence-electron chi connectivity index (χ2n) is 8.69. The van der Waals surface area contributed by atoms with Crippen LogP contribution in [0.3, 0.4) is 0 Å². The van der Waals surface area contributed by atoms with Crippen LogP contribution in [-0.4, -0.2) is 57.4 Å². The predicted molar refractivity (Wildman–Crippen MR) is 134 cm³/mol. The van der Waals surface area contributed by atoms with Crippen LogP contribution in [0, 0.1) is 5.82 Å². The van der Waals surface area contributed by atoms with Crippen LogP contribution in [0.5, 0.6) is 0 Å². The van der Waals surface area contributed by atoms with Crippen LogP contribution in [0.15, 0.2) is 77.7 Å². The van der Waals surface area contributed by atoms with Crippen molar-refractivity contribution in [3.8, 4) is 0 Å². The number of benzene rings is 3. The lowest BCUT2D eigenvalue weighted by Crippen LogP contribution is -2.43. The second kappa shape index (κ2) is 11.0. The molecule has 1 aliphatic heterocycles. The molecule has 0 aromatic heterocycles. The first-order chi connectivity index (χ1) is 16.8. The number of piperazine rings is 1. The number of carbonyl (C=O) groups excluding carboxylic acids is 1.